The first-order valence-electron chi connectivity index (χ1n) is 8.23. The molecule has 7 heteroatoms. The number of rotatable bonds is 6. The molecule has 0 atom stereocenters. The summed E-state index contributed by atoms with van der Waals surface area (Å²) in [6, 6.07) is 14.9. The molecule has 1 amide bonds. The Hall–Kier alpha value is -2.82. The largest absolute Gasteiger partial charge is 0.490 e. The van der Waals surface area contributed by atoms with Crippen LogP contribution in [0.25, 0.3) is 6.08 Å². The summed E-state index contributed by atoms with van der Waals surface area (Å²) in [7, 11) is 0. The number of nitrogens with one attached hydrogen (secondary N) is 1. The van der Waals surface area contributed by atoms with Crippen molar-refractivity contribution in [2.75, 3.05) is 6.61 Å². The second-order valence-corrected chi connectivity index (χ2v) is 7.27. The van der Waals surface area contributed by atoms with Crippen molar-refractivity contribution < 1.29 is 14.3 Å². The van der Waals surface area contributed by atoms with E-state index in [-0.39, 0.29) is 12.5 Å². The smallest absolute Gasteiger partial charge is 0.263 e. The number of ether oxygens (including phenoxy) is 2. The van der Waals surface area contributed by atoms with E-state index >= 15 is 0 Å². The van der Waals surface area contributed by atoms with Crippen molar-refractivity contribution in [3.05, 3.63) is 64.1 Å². The van der Waals surface area contributed by atoms with Crippen molar-refractivity contribution in [2.45, 2.75) is 13.5 Å². The van der Waals surface area contributed by atoms with Gasteiger partial charge >= 0.3 is 0 Å². The predicted octanol–water partition coefficient (Wildman–Crippen LogP) is 4.02. The molecule has 1 aliphatic rings. The zero-order valence-electron chi connectivity index (χ0n) is 14.5. The summed E-state index contributed by atoms with van der Waals surface area (Å²) in [5, 5.41) is 11.8. The van der Waals surface area contributed by atoms with Gasteiger partial charge in [0, 0.05) is 5.56 Å². The van der Waals surface area contributed by atoms with Crippen LogP contribution >= 0.6 is 24.0 Å². The lowest BCUT2D eigenvalue weighted by molar-refractivity contribution is -0.115. The number of thioether (sulfide) groups is 1. The number of amides is 1. The number of carbonyl (C=O) groups is 1. The zero-order valence-corrected chi connectivity index (χ0v) is 16.2. The second-order valence-electron chi connectivity index (χ2n) is 5.55. The molecule has 3 rings (SSSR count). The monoisotopic (exact) mass is 396 g/mol. The van der Waals surface area contributed by atoms with E-state index in [0.29, 0.717) is 32.9 Å². The van der Waals surface area contributed by atoms with Crippen molar-refractivity contribution >= 4 is 40.3 Å². The molecule has 0 unspecified atom stereocenters. The fourth-order valence-electron chi connectivity index (χ4n) is 2.49. The summed E-state index contributed by atoms with van der Waals surface area (Å²) >= 11 is 6.23. The maximum absolute atomic E-state index is 11.8. The summed E-state index contributed by atoms with van der Waals surface area (Å²) in [6.07, 6.45) is 1.76. The van der Waals surface area contributed by atoms with E-state index in [2.05, 4.69) is 11.4 Å². The molecule has 0 saturated carbocycles. The van der Waals surface area contributed by atoms with Crippen LogP contribution in [0, 0.1) is 11.3 Å². The van der Waals surface area contributed by atoms with Gasteiger partial charge in [-0.05, 0) is 36.8 Å². The molecule has 1 saturated heterocycles. The summed E-state index contributed by atoms with van der Waals surface area (Å²) in [5.41, 5.74) is 2.20. The molecule has 0 aromatic heterocycles. The first-order chi connectivity index (χ1) is 13.1. The molecular formula is C20H16N2O3S2. The topological polar surface area (TPSA) is 71.3 Å². The van der Waals surface area contributed by atoms with Gasteiger partial charge in [-0.15, -0.1) is 0 Å². The van der Waals surface area contributed by atoms with Gasteiger partial charge in [-0.25, -0.2) is 0 Å². The molecule has 136 valence electrons. The van der Waals surface area contributed by atoms with Gasteiger partial charge in [0.25, 0.3) is 5.91 Å². The van der Waals surface area contributed by atoms with Crippen LogP contribution in [-0.2, 0) is 11.4 Å². The van der Waals surface area contributed by atoms with Gasteiger partial charge in [-0.2, -0.15) is 5.26 Å². The summed E-state index contributed by atoms with van der Waals surface area (Å²) < 4.78 is 12.0. The molecule has 1 N–H and O–H groups in total. The first-order valence-corrected chi connectivity index (χ1v) is 9.45. The molecule has 0 bridgehead atoms. The van der Waals surface area contributed by atoms with Crippen LogP contribution in [0.1, 0.15) is 23.6 Å². The van der Waals surface area contributed by atoms with Crippen LogP contribution in [-0.4, -0.2) is 16.8 Å². The van der Waals surface area contributed by atoms with E-state index in [1.54, 1.807) is 18.2 Å². The maximum atomic E-state index is 11.8. The van der Waals surface area contributed by atoms with E-state index in [9.17, 15) is 10.1 Å². The van der Waals surface area contributed by atoms with E-state index in [0.717, 1.165) is 11.1 Å². The predicted molar refractivity (Wildman–Crippen MR) is 109 cm³/mol. The Morgan fingerprint density at radius 3 is 2.74 bits per heavy atom. The minimum absolute atomic E-state index is 0.198. The number of nitriles is 1. The van der Waals surface area contributed by atoms with Gasteiger partial charge in [0.1, 0.15) is 10.9 Å². The Morgan fingerprint density at radius 2 is 2.04 bits per heavy atom. The Labute approximate surface area is 167 Å². The average Bonchev–Trinajstić information content (AvgIpc) is 2.98. The average molecular weight is 396 g/mol. The molecule has 1 fully saturated rings. The third kappa shape index (κ3) is 4.67. The normalized spacial score (nSPS) is 14.7. The molecule has 0 spiro atoms. The SMILES string of the molecule is CCOc1cc(C=C2SC(=S)NC2=O)ccc1OCc1ccccc1C#N. The second kappa shape index (κ2) is 8.71. The maximum Gasteiger partial charge on any atom is 0.263 e. The quantitative estimate of drug-likeness (QED) is 0.587. The lowest BCUT2D eigenvalue weighted by atomic mass is 10.1. The summed E-state index contributed by atoms with van der Waals surface area (Å²) in [6.45, 7) is 2.62. The van der Waals surface area contributed by atoms with Crippen LogP contribution in [0.3, 0.4) is 0 Å². The van der Waals surface area contributed by atoms with Gasteiger partial charge in [-0.1, -0.05) is 48.2 Å². The van der Waals surface area contributed by atoms with Crippen LogP contribution < -0.4 is 14.8 Å². The van der Waals surface area contributed by atoms with Gasteiger partial charge in [0.15, 0.2) is 11.5 Å². The molecular weight excluding hydrogens is 380 g/mol. The Bertz CT molecular complexity index is 964. The van der Waals surface area contributed by atoms with E-state index in [1.807, 2.05) is 37.3 Å². The third-order valence-corrected chi connectivity index (χ3v) is 4.89. The summed E-state index contributed by atoms with van der Waals surface area (Å²) in [5.74, 6) is 0.953. The third-order valence-electron chi connectivity index (χ3n) is 3.73. The minimum atomic E-state index is -0.198. The van der Waals surface area contributed by atoms with Crippen LogP contribution in [0.2, 0.25) is 0 Å². The molecule has 0 aliphatic carbocycles. The van der Waals surface area contributed by atoms with Gasteiger partial charge in [-0.3, -0.25) is 4.79 Å². The molecule has 2 aromatic rings. The minimum Gasteiger partial charge on any atom is -0.490 e. The summed E-state index contributed by atoms with van der Waals surface area (Å²) in [4.78, 5) is 12.4. The number of carbonyl (C=O) groups excluding carboxylic acids is 1. The van der Waals surface area contributed by atoms with Gasteiger partial charge in [0.05, 0.1) is 23.1 Å². The highest BCUT2D eigenvalue weighted by Gasteiger charge is 2.22. The highest BCUT2D eigenvalue weighted by Crippen LogP contribution is 2.32. The fourth-order valence-corrected chi connectivity index (χ4v) is 3.53. The van der Waals surface area contributed by atoms with E-state index in [4.69, 9.17) is 21.7 Å². The lowest BCUT2D eigenvalue weighted by Gasteiger charge is -2.13. The molecule has 1 heterocycles. The molecule has 27 heavy (non-hydrogen) atoms. The number of thiocarbonyl (C=S) groups is 1. The Balaban J connectivity index is 1.82. The highest BCUT2D eigenvalue weighted by atomic mass is 32.2. The van der Waals surface area contributed by atoms with Crippen molar-refractivity contribution in [1.82, 2.24) is 5.32 Å². The van der Waals surface area contributed by atoms with Crippen LogP contribution in [0.5, 0.6) is 11.5 Å². The highest BCUT2D eigenvalue weighted by molar-refractivity contribution is 8.26. The number of hydrogen-bond donors (Lipinski definition) is 1. The zero-order chi connectivity index (χ0) is 19.2. The lowest BCUT2D eigenvalue weighted by Crippen LogP contribution is -2.17. The Morgan fingerprint density at radius 1 is 1.22 bits per heavy atom. The van der Waals surface area contributed by atoms with E-state index < -0.39 is 0 Å². The van der Waals surface area contributed by atoms with Gasteiger partial charge < -0.3 is 14.8 Å². The fraction of sp³-hybridized carbons (Fsp3) is 0.150. The molecule has 1 aliphatic heterocycles. The van der Waals surface area contributed by atoms with Crippen LogP contribution in [0.4, 0.5) is 0 Å². The van der Waals surface area contributed by atoms with Crippen molar-refractivity contribution in [1.29, 1.82) is 5.26 Å². The number of benzene rings is 2. The van der Waals surface area contributed by atoms with Crippen molar-refractivity contribution in [3.8, 4) is 17.6 Å². The van der Waals surface area contributed by atoms with Gasteiger partial charge in [0.2, 0.25) is 0 Å². The first kappa shape index (κ1) is 19.0. The Kier molecular flexibility index (Phi) is 6.12. The number of nitrogens with zero attached hydrogens (tertiary/aromatic N) is 1. The molecule has 5 nitrogen and oxygen atoms in total. The van der Waals surface area contributed by atoms with Crippen LogP contribution in [0.15, 0.2) is 47.4 Å². The molecule has 0 radical (unpaired) electrons. The van der Waals surface area contributed by atoms with Crippen molar-refractivity contribution in [3.63, 3.8) is 0 Å². The standard InChI is InChI=1S/C20H16N2O3S2/c1-2-24-17-9-13(10-18-19(23)22-20(26)27-18)7-8-16(17)25-12-15-6-4-3-5-14(15)11-21/h3-10H,2,12H2,1H3,(H,22,23,26). The number of hydrogen-bond acceptors (Lipinski definition) is 6. The van der Waals surface area contributed by atoms with E-state index in [1.165, 1.54) is 11.8 Å². The van der Waals surface area contributed by atoms with Crippen molar-refractivity contribution in [2.24, 2.45) is 0 Å². The molecule has 2 aromatic carbocycles.